The van der Waals surface area contributed by atoms with E-state index in [1.54, 1.807) is 0 Å². The van der Waals surface area contributed by atoms with Gasteiger partial charge in [0, 0.05) is 17.1 Å². The zero-order valence-electron chi connectivity index (χ0n) is 8.44. The second kappa shape index (κ2) is 4.06. The highest BCUT2D eigenvalue weighted by Gasteiger charge is 2.06. The van der Waals surface area contributed by atoms with Crippen molar-refractivity contribution in [2.45, 2.75) is 13.5 Å². The Bertz CT molecular complexity index is 459. The summed E-state index contributed by atoms with van der Waals surface area (Å²) in [5.74, 6) is 0.565. The first kappa shape index (κ1) is 10.2. The zero-order chi connectivity index (χ0) is 10.8. The quantitative estimate of drug-likeness (QED) is 0.908. The first-order valence-electron chi connectivity index (χ1n) is 4.80. The van der Waals surface area contributed by atoms with Crippen LogP contribution >= 0.6 is 15.9 Å². The van der Waals surface area contributed by atoms with Crippen molar-refractivity contribution in [3.8, 4) is 11.3 Å². The lowest BCUT2D eigenvalue weighted by Gasteiger charge is -2.03. The number of anilines is 1. The molecule has 15 heavy (non-hydrogen) atoms. The molecule has 0 aliphatic carbocycles. The minimum Gasteiger partial charge on any atom is -0.382 e. The van der Waals surface area contributed by atoms with Gasteiger partial charge in [0.05, 0.1) is 5.69 Å². The SMILES string of the molecule is CCn1nc(N)cc1-c1ccc(Br)cc1. The maximum atomic E-state index is 5.68. The molecule has 0 bridgehead atoms. The molecule has 0 aliphatic rings. The van der Waals surface area contributed by atoms with Crippen LogP contribution in [0.3, 0.4) is 0 Å². The van der Waals surface area contributed by atoms with E-state index in [2.05, 4.69) is 28.0 Å². The van der Waals surface area contributed by atoms with Gasteiger partial charge in [0.1, 0.15) is 5.82 Å². The van der Waals surface area contributed by atoms with Crippen LogP contribution in [0.2, 0.25) is 0 Å². The maximum Gasteiger partial charge on any atom is 0.146 e. The van der Waals surface area contributed by atoms with E-state index in [-0.39, 0.29) is 0 Å². The van der Waals surface area contributed by atoms with E-state index in [9.17, 15) is 0 Å². The number of hydrogen-bond donors (Lipinski definition) is 1. The minimum absolute atomic E-state index is 0.565. The van der Waals surface area contributed by atoms with E-state index in [0.29, 0.717) is 5.82 Å². The molecular weight excluding hydrogens is 254 g/mol. The summed E-state index contributed by atoms with van der Waals surface area (Å²) in [7, 11) is 0. The number of nitrogens with zero attached hydrogens (tertiary/aromatic N) is 2. The minimum atomic E-state index is 0.565. The summed E-state index contributed by atoms with van der Waals surface area (Å²) in [5.41, 5.74) is 7.87. The molecule has 1 heterocycles. The number of aryl methyl sites for hydroxylation is 1. The fourth-order valence-electron chi connectivity index (χ4n) is 1.53. The Hall–Kier alpha value is -1.29. The van der Waals surface area contributed by atoms with E-state index in [0.717, 1.165) is 22.3 Å². The lowest BCUT2D eigenvalue weighted by atomic mass is 10.1. The van der Waals surface area contributed by atoms with Gasteiger partial charge in [-0.1, -0.05) is 28.1 Å². The highest BCUT2D eigenvalue weighted by Crippen LogP contribution is 2.23. The van der Waals surface area contributed by atoms with E-state index in [1.165, 1.54) is 0 Å². The van der Waals surface area contributed by atoms with Gasteiger partial charge in [0.25, 0.3) is 0 Å². The van der Waals surface area contributed by atoms with Crippen LogP contribution in [0.15, 0.2) is 34.8 Å². The third-order valence-electron chi connectivity index (χ3n) is 2.24. The van der Waals surface area contributed by atoms with Gasteiger partial charge in [-0.2, -0.15) is 5.10 Å². The molecule has 0 unspecified atom stereocenters. The van der Waals surface area contributed by atoms with Crippen LogP contribution in [0, 0.1) is 0 Å². The van der Waals surface area contributed by atoms with Crippen LogP contribution in [-0.2, 0) is 6.54 Å². The number of halogens is 1. The summed E-state index contributed by atoms with van der Waals surface area (Å²) in [5, 5.41) is 4.21. The smallest absolute Gasteiger partial charge is 0.146 e. The molecule has 2 aromatic rings. The molecular formula is C11H12BrN3. The van der Waals surface area contributed by atoms with Crippen LogP contribution in [0.25, 0.3) is 11.3 Å². The molecule has 1 aromatic heterocycles. The Morgan fingerprint density at radius 2 is 2.00 bits per heavy atom. The molecule has 0 spiro atoms. The van der Waals surface area contributed by atoms with Crippen LogP contribution in [0.1, 0.15) is 6.92 Å². The molecule has 78 valence electrons. The monoisotopic (exact) mass is 265 g/mol. The fraction of sp³-hybridized carbons (Fsp3) is 0.182. The first-order valence-corrected chi connectivity index (χ1v) is 5.59. The molecule has 0 radical (unpaired) electrons. The molecule has 0 saturated carbocycles. The number of nitrogen functional groups attached to an aromatic ring is 1. The van der Waals surface area contributed by atoms with Crippen molar-refractivity contribution in [2.75, 3.05) is 5.73 Å². The number of hydrogen-bond acceptors (Lipinski definition) is 2. The van der Waals surface area contributed by atoms with Gasteiger partial charge in [-0.3, -0.25) is 4.68 Å². The van der Waals surface area contributed by atoms with Crippen LogP contribution in [0.4, 0.5) is 5.82 Å². The number of benzene rings is 1. The molecule has 0 fully saturated rings. The fourth-order valence-corrected chi connectivity index (χ4v) is 1.80. The third-order valence-corrected chi connectivity index (χ3v) is 2.77. The highest BCUT2D eigenvalue weighted by atomic mass is 79.9. The molecule has 4 heteroatoms. The van der Waals surface area contributed by atoms with Crippen molar-refractivity contribution < 1.29 is 0 Å². The zero-order valence-corrected chi connectivity index (χ0v) is 10.0. The molecule has 0 amide bonds. The molecule has 2 N–H and O–H groups in total. The van der Waals surface area contributed by atoms with Crippen molar-refractivity contribution in [1.29, 1.82) is 0 Å². The standard InChI is InChI=1S/C11H12BrN3/c1-2-15-10(7-11(13)14-15)8-3-5-9(12)6-4-8/h3-7H,2H2,1H3,(H2,13,14). The Balaban J connectivity index is 2.48. The van der Waals surface area contributed by atoms with Gasteiger partial charge in [0.2, 0.25) is 0 Å². The Morgan fingerprint density at radius 1 is 1.33 bits per heavy atom. The van der Waals surface area contributed by atoms with Crippen LogP contribution in [-0.4, -0.2) is 9.78 Å². The topological polar surface area (TPSA) is 43.8 Å². The molecule has 0 saturated heterocycles. The Morgan fingerprint density at radius 3 is 2.60 bits per heavy atom. The second-order valence-electron chi connectivity index (χ2n) is 3.28. The third kappa shape index (κ3) is 2.04. The molecule has 1 aromatic carbocycles. The number of nitrogens with two attached hydrogens (primary N) is 1. The van der Waals surface area contributed by atoms with Crippen LogP contribution in [0.5, 0.6) is 0 Å². The summed E-state index contributed by atoms with van der Waals surface area (Å²) in [6, 6.07) is 10.0. The summed E-state index contributed by atoms with van der Waals surface area (Å²) < 4.78 is 2.97. The van der Waals surface area contributed by atoms with E-state index < -0.39 is 0 Å². The molecule has 0 atom stereocenters. The number of aromatic nitrogens is 2. The lowest BCUT2D eigenvalue weighted by Crippen LogP contribution is -1.99. The van der Waals surface area contributed by atoms with Crippen LogP contribution < -0.4 is 5.73 Å². The van der Waals surface area contributed by atoms with Gasteiger partial charge in [-0.25, -0.2) is 0 Å². The first-order chi connectivity index (χ1) is 7.20. The summed E-state index contributed by atoms with van der Waals surface area (Å²) in [6.07, 6.45) is 0. The summed E-state index contributed by atoms with van der Waals surface area (Å²) in [4.78, 5) is 0. The predicted octanol–water partition coefficient (Wildman–Crippen LogP) is 2.91. The summed E-state index contributed by atoms with van der Waals surface area (Å²) >= 11 is 3.41. The van der Waals surface area contributed by atoms with Crippen molar-refractivity contribution in [2.24, 2.45) is 0 Å². The normalized spacial score (nSPS) is 10.5. The highest BCUT2D eigenvalue weighted by molar-refractivity contribution is 9.10. The van der Waals surface area contributed by atoms with Gasteiger partial charge in [-0.05, 0) is 24.6 Å². The van der Waals surface area contributed by atoms with Gasteiger partial charge in [0.15, 0.2) is 0 Å². The van der Waals surface area contributed by atoms with Crippen molar-refractivity contribution >= 4 is 21.7 Å². The average Bonchev–Trinajstić information content (AvgIpc) is 2.61. The second-order valence-corrected chi connectivity index (χ2v) is 4.19. The largest absolute Gasteiger partial charge is 0.382 e. The van der Waals surface area contributed by atoms with Crippen molar-refractivity contribution in [3.05, 3.63) is 34.8 Å². The van der Waals surface area contributed by atoms with E-state index in [1.807, 2.05) is 35.0 Å². The Labute approximate surface area is 97.0 Å². The Kier molecular flexibility index (Phi) is 2.77. The van der Waals surface area contributed by atoms with E-state index >= 15 is 0 Å². The van der Waals surface area contributed by atoms with Crippen molar-refractivity contribution in [1.82, 2.24) is 9.78 Å². The van der Waals surface area contributed by atoms with Gasteiger partial charge >= 0.3 is 0 Å². The molecule has 0 aliphatic heterocycles. The van der Waals surface area contributed by atoms with Crippen molar-refractivity contribution in [3.63, 3.8) is 0 Å². The molecule has 2 rings (SSSR count). The van der Waals surface area contributed by atoms with E-state index in [4.69, 9.17) is 5.73 Å². The maximum absolute atomic E-state index is 5.68. The predicted molar refractivity (Wildman–Crippen MR) is 65.4 cm³/mol. The molecule has 3 nitrogen and oxygen atoms in total. The lowest BCUT2D eigenvalue weighted by molar-refractivity contribution is 0.670. The van der Waals surface area contributed by atoms with Gasteiger partial charge < -0.3 is 5.73 Å². The van der Waals surface area contributed by atoms with Gasteiger partial charge in [-0.15, -0.1) is 0 Å². The number of rotatable bonds is 2. The average molecular weight is 266 g/mol. The summed E-state index contributed by atoms with van der Waals surface area (Å²) in [6.45, 7) is 2.87.